The molecule has 72 valence electrons. The van der Waals surface area contributed by atoms with Crippen LogP contribution in [-0.4, -0.2) is 0 Å². The minimum absolute atomic E-state index is 1.13. The Bertz CT molecular complexity index is 96.6. The molecular weight excluding hydrogens is 144 g/mol. The van der Waals surface area contributed by atoms with Crippen molar-refractivity contribution in [2.75, 3.05) is 0 Å². The molecule has 12 heavy (non-hydrogen) atoms. The fourth-order valence-corrected chi connectivity index (χ4v) is 0.326. The molecule has 0 heteroatoms. The lowest BCUT2D eigenvalue weighted by Crippen LogP contribution is -1.48. The summed E-state index contributed by atoms with van der Waals surface area (Å²) in [6.07, 6.45) is 11.1. The summed E-state index contributed by atoms with van der Waals surface area (Å²) in [5.41, 5.74) is 0. The topological polar surface area (TPSA) is 0 Å². The van der Waals surface area contributed by atoms with E-state index in [-0.39, 0.29) is 0 Å². The lowest BCUT2D eigenvalue weighted by molar-refractivity contribution is 1.22. The van der Waals surface area contributed by atoms with E-state index in [1.54, 1.807) is 6.08 Å². The molecule has 0 atom stereocenters. The van der Waals surface area contributed by atoms with Gasteiger partial charge in [0.05, 0.1) is 0 Å². The molecule has 0 heterocycles. The van der Waals surface area contributed by atoms with Crippen LogP contribution in [0.5, 0.6) is 0 Å². The molecule has 0 aliphatic carbocycles. The molecule has 0 rings (SSSR count). The van der Waals surface area contributed by atoms with Gasteiger partial charge in [0.1, 0.15) is 0 Å². The molecule has 0 fully saturated rings. The van der Waals surface area contributed by atoms with Gasteiger partial charge in [0.25, 0.3) is 0 Å². The summed E-state index contributed by atoms with van der Waals surface area (Å²) in [4.78, 5) is 0. The Hall–Kier alpha value is -0.780. The molecule has 0 aromatic heterocycles. The van der Waals surface area contributed by atoms with Crippen LogP contribution in [0.2, 0.25) is 0 Å². The molecule has 0 spiro atoms. The van der Waals surface area contributed by atoms with E-state index in [4.69, 9.17) is 0 Å². The van der Waals surface area contributed by atoms with Gasteiger partial charge in [-0.1, -0.05) is 51.2 Å². The highest BCUT2D eigenvalue weighted by Crippen LogP contribution is 1.79. The van der Waals surface area contributed by atoms with E-state index in [0.29, 0.717) is 0 Å². The van der Waals surface area contributed by atoms with Crippen molar-refractivity contribution in [2.24, 2.45) is 0 Å². The third-order valence-electron chi connectivity index (χ3n) is 0.675. The average Bonchev–Trinajstić information content (AvgIpc) is 2.11. The third-order valence-corrected chi connectivity index (χ3v) is 0.675. The van der Waals surface area contributed by atoms with Gasteiger partial charge < -0.3 is 0 Å². The first kappa shape index (κ1) is 17.3. The van der Waals surface area contributed by atoms with Gasteiger partial charge in [0.15, 0.2) is 0 Å². The van der Waals surface area contributed by atoms with Gasteiger partial charge in [-0.25, -0.2) is 0 Å². The molecule has 0 bridgehead atoms. The molecule has 0 aliphatic rings. The largest absolute Gasteiger partial charge is 0.103 e. The van der Waals surface area contributed by atoms with Crippen molar-refractivity contribution < 1.29 is 0 Å². The molecule has 0 saturated carbocycles. The van der Waals surface area contributed by atoms with Crippen molar-refractivity contribution in [3.63, 3.8) is 0 Å². The molecule has 0 aromatic carbocycles. The highest BCUT2D eigenvalue weighted by Gasteiger charge is 1.57. The summed E-state index contributed by atoms with van der Waals surface area (Å²) in [6, 6.07) is 0. The summed E-state index contributed by atoms with van der Waals surface area (Å²) in [5.74, 6) is 0. The standard InChI is InChI=1S/C7H12.C3H6.C2H6/c1-3-5-7-6-4-2;1-3-2;1-2/h3,5-7H,4H2,1-2H3;3H,1H2,2H3;1-2H3/b5-3-,7-6-;;. The lowest BCUT2D eigenvalue weighted by atomic mass is 10.4. The maximum Gasteiger partial charge on any atom is -0.0376 e. The zero-order valence-electron chi connectivity index (χ0n) is 9.30. The maximum atomic E-state index is 3.36. The zero-order chi connectivity index (χ0) is 10.2. The molecule has 0 saturated heterocycles. The second-order valence-corrected chi connectivity index (χ2v) is 1.77. The minimum atomic E-state index is 1.13. The number of rotatable bonds is 2. The number of hydrogen-bond acceptors (Lipinski definition) is 0. The fraction of sp³-hybridized carbons (Fsp3) is 0.500. The molecular formula is C12H24. The maximum absolute atomic E-state index is 3.36. The first-order valence-corrected chi connectivity index (χ1v) is 4.68. The van der Waals surface area contributed by atoms with Crippen molar-refractivity contribution in [2.45, 2.75) is 41.0 Å². The Morgan fingerprint density at radius 3 is 1.75 bits per heavy atom. The van der Waals surface area contributed by atoms with Gasteiger partial charge in [0, 0.05) is 0 Å². The lowest BCUT2D eigenvalue weighted by Gasteiger charge is -1.70. The van der Waals surface area contributed by atoms with Crippen LogP contribution in [-0.2, 0) is 0 Å². The van der Waals surface area contributed by atoms with Crippen LogP contribution in [0.4, 0.5) is 0 Å². The second kappa shape index (κ2) is 31.9. The molecule has 0 unspecified atom stereocenters. The average molecular weight is 168 g/mol. The molecule has 0 radical (unpaired) electrons. The Labute approximate surface area is 78.7 Å². The monoisotopic (exact) mass is 168 g/mol. The zero-order valence-corrected chi connectivity index (χ0v) is 9.30. The van der Waals surface area contributed by atoms with Gasteiger partial charge >= 0.3 is 0 Å². The molecule has 0 aromatic rings. The smallest absolute Gasteiger partial charge is 0.0376 e. The first-order valence-electron chi connectivity index (χ1n) is 4.68. The van der Waals surface area contributed by atoms with E-state index < -0.39 is 0 Å². The van der Waals surface area contributed by atoms with E-state index >= 15 is 0 Å². The molecule has 0 aliphatic heterocycles. The number of allylic oxidation sites excluding steroid dienone is 5. The fourth-order valence-electron chi connectivity index (χ4n) is 0.326. The van der Waals surface area contributed by atoms with Crippen molar-refractivity contribution >= 4 is 0 Å². The summed E-state index contributed by atoms with van der Waals surface area (Å²) in [5, 5.41) is 0. The van der Waals surface area contributed by atoms with E-state index in [9.17, 15) is 0 Å². The first-order chi connectivity index (χ1) is 5.83. The van der Waals surface area contributed by atoms with Crippen molar-refractivity contribution in [1.82, 2.24) is 0 Å². The van der Waals surface area contributed by atoms with Crippen LogP contribution in [0.25, 0.3) is 0 Å². The van der Waals surface area contributed by atoms with Crippen molar-refractivity contribution in [3.05, 3.63) is 37.0 Å². The number of hydrogen-bond donors (Lipinski definition) is 0. The van der Waals surface area contributed by atoms with Crippen molar-refractivity contribution in [1.29, 1.82) is 0 Å². The Morgan fingerprint density at radius 2 is 1.50 bits per heavy atom. The van der Waals surface area contributed by atoms with Crippen LogP contribution in [0, 0.1) is 0 Å². The summed E-state index contributed by atoms with van der Waals surface area (Å²) in [7, 11) is 0. The minimum Gasteiger partial charge on any atom is -0.103 e. The molecule has 0 N–H and O–H groups in total. The van der Waals surface area contributed by atoms with Crippen LogP contribution in [0.3, 0.4) is 0 Å². The van der Waals surface area contributed by atoms with Crippen LogP contribution in [0.15, 0.2) is 37.0 Å². The van der Waals surface area contributed by atoms with Crippen LogP contribution < -0.4 is 0 Å². The van der Waals surface area contributed by atoms with E-state index in [1.165, 1.54) is 0 Å². The quantitative estimate of drug-likeness (QED) is 0.412. The normalized spacial score (nSPS) is 8.42. The summed E-state index contributed by atoms with van der Waals surface area (Å²) >= 11 is 0. The predicted molar refractivity (Wildman–Crippen MR) is 61.5 cm³/mol. The second-order valence-electron chi connectivity index (χ2n) is 1.77. The SMILES string of the molecule is C/C=C\C=C/CC.C=CC.CC. The highest BCUT2D eigenvalue weighted by molar-refractivity contribution is 5.00. The van der Waals surface area contributed by atoms with Gasteiger partial charge in [-0.15, -0.1) is 6.58 Å². The van der Waals surface area contributed by atoms with Gasteiger partial charge in [-0.2, -0.15) is 0 Å². The van der Waals surface area contributed by atoms with E-state index in [2.05, 4.69) is 25.7 Å². The molecule has 0 nitrogen and oxygen atoms in total. The summed E-state index contributed by atoms with van der Waals surface area (Å²) in [6.45, 7) is 13.4. The predicted octanol–water partition coefficient (Wildman–Crippen LogP) is 4.75. The van der Waals surface area contributed by atoms with Gasteiger partial charge in [0.2, 0.25) is 0 Å². The third kappa shape index (κ3) is 60.1. The Morgan fingerprint density at radius 1 is 1.08 bits per heavy atom. The molecule has 0 amide bonds. The Kier molecular flexibility index (Phi) is 46.1. The van der Waals surface area contributed by atoms with Gasteiger partial charge in [-0.05, 0) is 20.3 Å². The summed E-state index contributed by atoms with van der Waals surface area (Å²) < 4.78 is 0. The van der Waals surface area contributed by atoms with E-state index in [1.807, 2.05) is 39.8 Å². The van der Waals surface area contributed by atoms with Crippen LogP contribution >= 0.6 is 0 Å². The van der Waals surface area contributed by atoms with E-state index in [0.717, 1.165) is 6.42 Å². The van der Waals surface area contributed by atoms with Crippen LogP contribution in [0.1, 0.15) is 41.0 Å². The Balaban J connectivity index is -0.000000137. The van der Waals surface area contributed by atoms with Gasteiger partial charge in [-0.3, -0.25) is 0 Å². The van der Waals surface area contributed by atoms with Crippen molar-refractivity contribution in [3.8, 4) is 0 Å². The highest BCUT2D eigenvalue weighted by atomic mass is 13.6.